The lowest BCUT2D eigenvalue weighted by atomic mass is 10.1. The maximum Gasteiger partial charge on any atom is 0.194 e. The molecule has 0 aliphatic carbocycles. The molecule has 0 fully saturated rings. The Morgan fingerprint density at radius 3 is 2.67 bits per heavy atom. The van der Waals surface area contributed by atoms with Crippen LogP contribution in [-0.4, -0.2) is 10.8 Å². The van der Waals surface area contributed by atoms with E-state index in [0.29, 0.717) is 16.1 Å². The minimum Gasteiger partial charge on any atom is -0.367 e. The van der Waals surface area contributed by atoms with Gasteiger partial charge in [0.15, 0.2) is 5.78 Å². The third kappa shape index (κ3) is 2.23. The van der Waals surface area contributed by atoms with Gasteiger partial charge in [-0.25, -0.2) is 0 Å². The molecule has 2 aromatic rings. The Labute approximate surface area is 106 Å². The maximum atomic E-state index is 11.9. The number of aromatic nitrogens is 1. The molecule has 0 aliphatic rings. The zero-order valence-electron chi connectivity index (χ0n) is 7.63. The number of aromatic amines is 1. The molecule has 0 atom stereocenters. The van der Waals surface area contributed by atoms with Gasteiger partial charge in [0.25, 0.3) is 0 Å². The topological polar surface area (TPSA) is 32.9 Å². The molecule has 4 heteroatoms. The van der Waals surface area contributed by atoms with Crippen LogP contribution in [-0.2, 0) is 0 Å². The van der Waals surface area contributed by atoms with Crippen LogP contribution in [0.25, 0.3) is 0 Å². The molecule has 0 saturated heterocycles. The molecule has 15 heavy (non-hydrogen) atoms. The van der Waals surface area contributed by atoms with Crippen molar-refractivity contribution < 1.29 is 4.79 Å². The Morgan fingerprint density at radius 1 is 1.27 bits per heavy atom. The molecule has 76 valence electrons. The molecular formula is C11H7ClINO. The largest absolute Gasteiger partial charge is 0.367 e. The number of benzene rings is 1. The van der Waals surface area contributed by atoms with E-state index in [1.54, 1.807) is 30.6 Å². The van der Waals surface area contributed by atoms with Gasteiger partial charge in [-0.15, -0.1) is 0 Å². The van der Waals surface area contributed by atoms with Gasteiger partial charge < -0.3 is 4.98 Å². The Balaban J connectivity index is 2.39. The van der Waals surface area contributed by atoms with Crippen molar-refractivity contribution >= 4 is 40.0 Å². The van der Waals surface area contributed by atoms with E-state index < -0.39 is 0 Å². The lowest BCUT2D eigenvalue weighted by Crippen LogP contribution is -1.99. The highest BCUT2D eigenvalue weighted by Gasteiger charge is 2.10. The van der Waals surface area contributed by atoms with Crippen LogP contribution < -0.4 is 0 Å². The number of rotatable bonds is 2. The van der Waals surface area contributed by atoms with Crippen molar-refractivity contribution in [1.82, 2.24) is 4.98 Å². The number of hydrogen-bond donors (Lipinski definition) is 1. The van der Waals surface area contributed by atoms with Crippen LogP contribution in [0.2, 0.25) is 5.02 Å². The Morgan fingerprint density at radius 2 is 2.07 bits per heavy atom. The van der Waals surface area contributed by atoms with E-state index in [-0.39, 0.29) is 5.78 Å². The molecule has 0 bridgehead atoms. The molecule has 0 saturated carbocycles. The Hall–Kier alpha value is -0.810. The summed E-state index contributed by atoms with van der Waals surface area (Å²) in [6.07, 6.45) is 3.40. The Bertz CT molecular complexity index is 493. The third-order valence-electron chi connectivity index (χ3n) is 2.04. The zero-order valence-corrected chi connectivity index (χ0v) is 10.5. The van der Waals surface area contributed by atoms with Gasteiger partial charge >= 0.3 is 0 Å². The monoisotopic (exact) mass is 331 g/mol. The van der Waals surface area contributed by atoms with Crippen LogP contribution in [0.15, 0.2) is 36.7 Å². The molecule has 0 unspecified atom stereocenters. The molecule has 2 rings (SSSR count). The van der Waals surface area contributed by atoms with E-state index in [0.717, 1.165) is 3.57 Å². The molecule has 1 aromatic heterocycles. The molecule has 0 spiro atoms. The summed E-state index contributed by atoms with van der Waals surface area (Å²) in [4.78, 5) is 14.7. The number of hydrogen-bond acceptors (Lipinski definition) is 1. The van der Waals surface area contributed by atoms with Crippen LogP contribution in [0.1, 0.15) is 15.9 Å². The summed E-state index contributed by atoms with van der Waals surface area (Å²) < 4.78 is 0.944. The second-order valence-corrected chi connectivity index (χ2v) is 4.63. The standard InChI is InChI=1S/C11H7ClINO/c12-9-5-7(1-2-10(9)13)11(15)8-3-4-14-6-8/h1-6,14H. The number of carbonyl (C=O) groups is 1. The molecule has 1 heterocycles. The van der Waals surface area contributed by atoms with Crippen LogP contribution in [0.4, 0.5) is 0 Å². The second-order valence-electron chi connectivity index (χ2n) is 3.06. The fourth-order valence-corrected chi connectivity index (χ4v) is 1.79. The number of carbonyl (C=O) groups excluding carboxylic acids is 1. The summed E-state index contributed by atoms with van der Waals surface area (Å²) in [7, 11) is 0. The first-order chi connectivity index (χ1) is 7.18. The summed E-state index contributed by atoms with van der Waals surface area (Å²) in [5.74, 6) is -0.0189. The van der Waals surface area contributed by atoms with Gasteiger partial charge in [0, 0.05) is 27.1 Å². The SMILES string of the molecule is O=C(c1cc[nH]c1)c1ccc(I)c(Cl)c1. The predicted molar refractivity (Wildman–Crippen MR) is 68.4 cm³/mol. The number of halogens is 2. The number of ketones is 1. The lowest BCUT2D eigenvalue weighted by molar-refractivity contribution is 0.103. The molecule has 0 aliphatic heterocycles. The molecule has 0 radical (unpaired) electrons. The van der Waals surface area contributed by atoms with Crippen LogP contribution >= 0.6 is 34.2 Å². The smallest absolute Gasteiger partial charge is 0.194 e. The Kier molecular flexibility index (Phi) is 3.11. The maximum absolute atomic E-state index is 11.9. The molecule has 0 amide bonds. The summed E-state index contributed by atoms with van der Waals surface area (Å²) in [6.45, 7) is 0. The first-order valence-electron chi connectivity index (χ1n) is 4.31. The van der Waals surface area contributed by atoms with E-state index in [9.17, 15) is 4.79 Å². The fourth-order valence-electron chi connectivity index (χ4n) is 1.27. The van der Waals surface area contributed by atoms with Gasteiger partial charge in [0.2, 0.25) is 0 Å². The minimum absolute atomic E-state index is 0.0189. The first-order valence-corrected chi connectivity index (χ1v) is 5.76. The van der Waals surface area contributed by atoms with Gasteiger partial charge in [0.1, 0.15) is 0 Å². The summed E-state index contributed by atoms with van der Waals surface area (Å²) in [5, 5.41) is 0.608. The summed E-state index contributed by atoms with van der Waals surface area (Å²) in [5.41, 5.74) is 1.26. The number of H-pyrrole nitrogens is 1. The second kappa shape index (κ2) is 4.37. The average Bonchev–Trinajstić information content (AvgIpc) is 2.74. The minimum atomic E-state index is -0.0189. The normalized spacial score (nSPS) is 10.3. The van der Waals surface area contributed by atoms with Gasteiger partial charge in [-0.1, -0.05) is 11.6 Å². The third-order valence-corrected chi connectivity index (χ3v) is 3.61. The number of nitrogens with one attached hydrogen (secondary N) is 1. The van der Waals surface area contributed by atoms with Crippen molar-refractivity contribution in [3.05, 3.63) is 56.4 Å². The first kappa shape index (κ1) is 10.7. The highest BCUT2D eigenvalue weighted by Crippen LogP contribution is 2.21. The summed E-state index contributed by atoms with van der Waals surface area (Å²) in [6, 6.07) is 7.05. The van der Waals surface area contributed by atoms with Gasteiger partial charge in [-0.05, 0) is 46.9 Å². The quantitative estimate of drug-likeness (QED) is 0.663. The van der Waals surface area contributed by atoms with E-state index in [4.69, 9.17) is 11.6 Å². The highest BCUT2D eigenvalue weighted by molar-refractivity contribution is 14.1. The zero-order chi connectivity index (χ0) is 10.8. The van der Waals surface area contributed by atoms with Crippen LogP contribution in [0.3, 0.4) is 0 Å². The average molecular weight is 332 g/mol. The lowest BCUT2D eigenvalue weighted by Gasteiger charge is -2.00. The fraction of sp³-hybridized carbons (Fsp3) is 0. The van der Waals surface area contributed by atoms with Gasteiger partial charge in [0.05, 0.1) is 5.02 Å². The molecule has 1 N–H and O–H groups in total. The van der Waals surface area contributed by atoms with Crippen molar-refractivity contribution in [2.24, 2.45) is 0 Å². The van der Waals surface area contributed by atoms with E-state index in [1.807, 2.05) is 6.07 Å². The van der Waals surface area contributed by atoms with Crippen molar-refractivity contribution in [2.75, 3.05) is 0 Å². The molecular weight excluding hydrogens is 324 g/mol. The van der Waals surface area contributed by atoms with Crippen molar-refractivity contribution in [3.63, 3.8) is 0 Å². The van der Waals surface area contributed by atoms with E-state index in [1.165, 1.54) is 0 Å². The van der Waals surface area contributed by atoms with Crippen molar-refractivity contribution in [1.29, 1.82) is 0 Å². The molecule has 2 nitrogen and oxygen atoms in total. The van der Waals surface area contributed by atoms with E-state index >= 15 is 0 Å². The summed E-state index contributed by atoms with van der Waals surface area (Å²) >= 11 is 8.08. The van der Waals surface area contributed by atoms with Crippen molar-refractivity contribution in [2.45, 2.75) is 0 Å². The predicted octanol–water partition coefficient (Wildman–Crippen LogP) is 3.50. The van der Waals surface area contributed by atoms with Gasteiger partial charge in [-0.3, -0.25) is 4.79 Å². The van der Waals surface area contributed by atoms with Crippen LogP contribution in [0.5, 0.6) is 0 Å². The van der Waals surface area contributed by atoms with Crippen molar-refractivity contribution in [3.8, 4) is 0 Å². The highest BCUT2D eigenvalue weighted by atomic mass is 127. The van der Waals surface area contributed by atoms with Gasteiger partial charge in [-0.2, -0.15) is 0 Å². The molecule has 1 aromatic carbocycles. The van der Waals surface area contributed by atoms with E-state index in [2.05, 4.69) is 27.6 Å². The van der Waals surface area contributed by atoms with Crippen LogP contribution in [0, 0.1) is 3.57 Å².